The van der Waals surface area contributed by atoms with E-state index >= 15 is 0 Å². The first-order valence-electron chi connectivity index (χ1n) is 7.15. The molecular formula is C14H24N2O2. The maximum atomic E-state index is 12.4. The molecule has 0 radical (unpaired) electrons. The fourth-order valence-electron chi connectivity index (χ4n) is 2.71. The summed E-state index contributed by atoms with van der Waals surface area (Å²) < 4.78 is 0. The van der Waals surface area contributed by atoms with Crippen molar-refractivity contribution in [1.82, 2.24) is 10.2 Å². The number of carbonyl (C=O) groups excluding carboxylic acids is 2. The van der Waals surface area contributed by atoms with Crippen molar-refractivity contribution in [3.63, 3.8) is 0 Å². The smallest absolute Gasteiger partial charge is 0.245 e. The zero-order chi connectivity index (χ0) is 13.3. The van der Waals surface area contributed by atoms with Crippen LogP contribution in [0.3, 0.4) is 0 Å². The van der Waals surface area contributed by atoms with Crippen LogP contribution in [0.1, 0.15) is 46.5 Å². The highest BCUT2D eigenvalue weighted by Crippen LogP contribution is 2.33. The number of rotatable bonds is 5. The molecule has 18 heavy (non-hydrogen) atoms. The fraction of sp³-hybridized carbons (Fsp3) is 0.857. The molecule has 1 heterocycles. The molecule has 0 bridgehead atoms. The average Bonchev–Trinajstić information content (AvgIpc) is 3.12. The molecule has 102 valence electrons. The lowest BCUT2D eigenvalue weighted by Crippen LogP contribution is -2.64. The van der Waals surface area contributed by atoms with Crippen molar-refractivity contribution in [2.45, 2.75) is 58.5 Å². The molecule has 2 fully saturated rings. The monoisotopic (exact) mass is 252 g/mol. The largest absolute Gasteiger partial charge is 0.343 e. The van der Waals surface area contributed by atoms with Crippen LogP contribution in [-0.4, -0.2) is 35.3 Å². The molecule has 4 nitrogen and oxygen atoms in total. The maximum Gasteiger partial charge on any atom is 0.245 e. The normalized spacial score (nSPS) is 28.8. The lowest BCUT2D eigenvalue weighted by molar-refractivity contribution is -0.151. The van der Waals surface area contributed by atoms with Gasteiger partial charge in [0.15, 0.2) is 0 Å². The Morgan fingerprint density at radius 2 is 2.00 bits per heavy atom. The van der Waals surface area contributed by atoms with Crippen LogP contribution in [-0.2, 0) is 9.59 Å². The molecule has 1 saturated carbocycles. The second-order valence-corrected chi connectivity index (χ2v) is 5.92. The Morgan fingerprint density at radius 3 is 2.50 bits per heavy atom. The molecule has 0 aromatic rings. The lowest BCUT2D eigenvalue weighted by Gasteiger charge is -2.40. The molecule has 4 heteroatoms. The first-order valence-corrected chi connectivity index (χ1v) is 7.15. The van der Waals surface area contributed by atoms with Crippen molar-refractivity contribution >= 4 is 11.8 Å². The molecule has 0 aromatic heterocycles. The van der Waals surface area contributed by atoms with Gasteiger partial charge in [-0.25, -0.2) is 0 Å². The van der Waals surface area contributed by atoms with E-state index in [9.17, 15) is 9.59 Å². The summed E-state index contributed by atoms with van der Waals surface area (Å²) >= 11 is 0. The Labute approximate surface area is 109 Å². The van der Waals surface area contributed by atoms with E-state index in [2.05, 4.69) is 5.32 Å². The van der Waals surface area contributed by atoms with Crippen LogP contribution in [0.4, 0.5) is 0 Å². The number of nitrogens with zero attached hydrogens (tertiary/aromatic N) is 1. The summed E-state index contributed by atoms with van der Waals surface area (Å²) in [4.78, 5) is 26.3. The minimum absolute atomic E-state index is 0.0206. The van der Waals surface area contributed by atoms with Crippen molar-refractivity contribution in [3.8, 4) is 0 Å². The van der Waals surface area contributed by atoms with Crippen LogP contribution in [0, 0.1) is 11.8 Å². The Morgan fingerprint density at radius 1 is 1.33 bits per heavy atom. The number of carbonyl (C=O) groups is 2. The van der Waals surface area contributed by atoms with Crippen molar-refractivity contribution < 1.29 is 9.59 Å². The first-order chi connectivity index (χ1) is 8.54. The van der Waals surface area contributed by atoms with Gasteiger partial charge in [-0.15, -0.1) is 0 Å². The van der Waals surface area contributed by atoms with Gasteiger partial charge < -0.3 is 10.2 Å². The third kappa shape index (κ3) is 2.68. The van der Waals surface area contributed by atoms with Gasteiger partial charge in [0.1, 0.15) is 12.1 Å². The minimum atomic E-state index is -0.313. The highest BCUT2D eigenvalue weighted by atomic mass is 16.2. The van der Waals surface area contributed by atoms with Crippen LogP contribution in [0.15, 0.2) is 0 Å². The molecule has 2 aliphatic rings. The summed E-state index contributed by atoms with van der Waals surface area (Å²) in [6, 6.07) is -0.592. The van der Waals surface area contributed by atoms with Crippen molar-refractivity contribution in [1.29, 1.82) is 0 Å². The fourth-order valence-corrected chi connectivity index (χ4v) is 2.71. The van der Waals surface area contributed by atoms with E-state index in [1.54, 1.807) is 0 Å². The van der Waals surface area contributed by atoms with Crippen LogP contribution in [0.5, 0.6) is 0 Å². The van der Waals surface area contributed by atoms with E-state index in [1.165, 1.54) is 12.8 Å². The molecule has 2 atom stereocenters. The van der Waals surface area contributed by atoms with Gasteiger partial charge in [0.25, 0.3) is 0 Å². The van der Waals surface area contributed by atoms with Gasteiger partial charge in [0, 0.05) is 6.54 Å². The van der Waals surface area contributed by atoms with Crippen molar-refractivity contribution in [2.75, 3.05) is 6.54 Å². The molecule has 2 unspecified atom stereocenters. The average molecular weight is 252 g/mol. The Bertz CT molecular complexity index is 337. The third-order valence-corrected chi connectivity index (χ3v) is 4.02. The number of nitrogens with one attached hydrogen (secondary N) is 1. The van der Waals surface area contributed by atoms with Gasteiger partial charge >= 0.3 is 0 Å². The van der Waals surface area contributed by atoms with Crippen molar-refractivity contribution in [2.24, 2.45) is 11.8 Å². The van der Waals surface area contributed by atoms with Crippen LogP contribution in [0.25, 0.3) is 0 Å². The number of amides is 2. The summed E-state index contributed by atoms with van der Waals surface area (Å²) in [5.41, 5.74) is 0. The Hall–Kier alpha value is -1.06. The highest BCUT2D eigenvalue weighted by molar-refractivity contribution is 5.97. The van der Waals surface area contributed by atoms with Crippen LogP contribution >= 0.6 is 0 Å². The minimum Gasteiger partial charge on any atom is -0.343 e. The molecule has 0 spiro atoms. The molecule has 1 aliphatic heterocycles. The van der Waals surface area contributed by atoms with E-state index in [4.69, 9.17) is 0 Å². The molecule has 1 N–H and O–H groups in total. The Kier molecular flexibility index (Phi) is 3.93. The van der Waals surface area contributed by atoms with Gasteiger partial charge in [-0.3, -0.25) is 9.59 Å². The first kappa shape index (κ1) is 13.4. The SMILES string of the molecule is CCC1NC(=O)C(C(C)C)N(CCC2CC2)C1=O. The topological polar surface area (TPSA) is 49.4 Å². The number of piperazine rings is 1. The van der Waals surface area contributed by atoms with Gasteiger partial charge in [0.05, 0.1) is 0 Å². The molecule has 1 saturated heterocycles. The second kappa shape index (κ2) is 5.29. The van der Waals surface area contributed by atoms with Gasteiger partial charge in [0.2, 0.25) is 11.8 Å². The van der Waals surface area contributed by atoms with E-state index in [0.717, 1.165) is 18.9 Å². The summed E-state index contributed by atoms with van der Waals surface area (Å²) in [6.07, 6.45) is 4.31. The number of hydrogen-bond acceptors (Lipinski definition) is 2. The quantitative estimate of drug-likeness (QED) is 0.807. The Balaban J connectivity index is 2.09. The number of hydrogen-bond donors (Lipinski definition) is 1. The summed E-state index contributed by atoms with van der Waals surface area (Å²) in [7, 11) is 0. The maximum absolute atomic E-state index is 12.4. The molecule has 0 aromatic carbocycles. The lowest BCUT2D eigenvalue weighted by atomic mass is 9.96. The zero-order valence-electron chi connectivity index (χ0n) is 11.6. The van der Waals surface area contributed by atoms with E-state index < -0.39 is 0 Å². The molecule has 1 aliphatic carbocycles. The van der Waals surface area contributed by atoms with E-state index in [1.807, 2.05) is 25.7 Å². The van der Waals surface area contributed by atoms with E-state index in [0.29, 0.717) is 6.42 Å². The summed E-state index contributed by atoms with van der Waals surface area (Å²) in [5, 5.41) is 2.85. The predicted molar refractivity (Wildman–Crippen MR) is 69.9 cm³/mol. The van der Waals surface area contributed by atoms with Crippen LogP contribution in [0.2, 0.25) is 0 Å². The highest BCUT2D eigenvalue weighted by Gasteiger charge is 2.41. The third-order valence-electron chi connectivity index (χ3n) is 4.02. The molecular weight excluding hydrogens is 228 g/mol. The van der Waals surface area contributed by atoms with Gasteiger partial charge in [-0.2, -0.15) is 0 Å². The van der Waals surface area contributed by atoms with Crippen LogP contribution < -0.4 is 5.32 Å². The standard InChI is InChI=1S/C14H24N2O2/c1-4-11-14(18)16(8-7-10-5-6-10)12(9(2)3)13(17)15-11/h9-12H,4-8H2,1-3H3,(H,15,17). The van der Waals surface area contributed by atoms with Gasteiger partial charge in [-0.1, -0.05) is 33.6 Å². The zero-order valence-corrected chi connectivity index (χ0v) is 11.6. The van der Waals surface area contributed by atoms with Crippen molar-refractivity contribution in [3.05, 3.63) is 0 Å². The molecule has 2 rings (SSSR count). The predicted octanol–water partition coefficient (Wildman–Crippen LogP) is 1.55. The molecule has 2 amide bonds. The summed E-state index contributed by atoms with van der Waals surface area (Å²) in [5.74, 6) is 1.09. The van der Waals surface area contributed by atoms with E-state index in [-0.39, 0.29) is 29.8 Å². The second-order valence-electron chi connectivity index (χ2n) is 5.92. The summed E-state index contributed by atoms with van der Waals surface area (Å²) in [6.45, 7) is 6.70. The van der Waals surface area contributed by atoms with Gasteiger partial charge in [-0.05, 0) is 24.7 Å².